The molecule has 0 radical (unpaired) electrons. The summed E-state index contributed by atoms with van der Waals surface area (Å²) in [4.78, 5) is 10.9. The highest BCUT2D eigenvalue weighted by Crippen LogP contribution is 2.41. The molecular weight excluding hydrogens is 280 g/mol. The third kappa shape index (κ3) is 2.56. The molecule has 0 fully saturated rings. The molecule has 5 heteroatoms. The third-order valence-corrected chi connectivity index (χ3v) is 3.23. The molecular formula is C15H13ClO4. The molecule has 2 aromatic carbocycles. The molecule has 0 atom stereocenters. The first-order valence-electron chi connectivity index (χ1n) is 5.82. The molecule has 0 aliphatic carbocycles. The molecule has 1 N–H and O–H groups in total. The van der Waals surface area contributed by atoms with E-state index in [-0.39, 0.29) is 5.56 Å². The number of benzene rings is 2. The van der Waals surface area contributed by atoms with Gasteiger partial charge in [0.15, 0.2) is 0 Å². The van der Waals surface area contributed by atoms with Gasteiger partial charge >= 0.3 is 5.97 Å². The van der Waals surface area contributed by atoms with Crippen molar-refractivity contribution in [1.82, 2.24) is 0 Å². The van der Waals surface area contributed by atoms with E-state index >= 15 is 0 Å². The van der Waals surface area contributed by atoms with Crippen molar-refractivity contribution in [3.8, 4) is 22.6 Å². The van der Waals surface area contributed by atoms with Crippen molar-refractivity contribution in [3.63, 3.8) is 0 Å². The van der Waals surface area contributed by atoms with Crippen LogP contribution in [0.4, 0.5) is 0 Å². The number of aromatic carboxylic acids is 1. The second kappa shape index (κ2) is 5.84. The molecule has 0 heterocycles. The Labute approximate surface area is 121 Å². The first kappa shape index (κ1) is 14.2. The van der Waals surface area contributed by atoms with Crippen molar-refractivity contribution in [3.05, 3.63) is 47.0 Å². The maximum Gasteiger partial charge on any atom is 0.335 e. The van der Waals surface area contributed by atoms with Crippen molar-refractivity contribution in [1.29, 1.82) is 0 Å². The standard InChI is InChI=1S/C15H13ClO4/c1-19-12-4-3-5-13(20-2)14(12)10-7-6-9(15(17)18)8-11(10)16/h3-8H,1-2H3,(H,17,18). The van der Waals surface area contributed by atoms with E-state index in [1.807, 2.05) is 0 Å². The van der Waals surface area contributed by atoms with Crippen LogP contribution in [-0.2, 0) is 0 Å². The Kier molecular flexibility index (Phi) is 4.15. The zero-order valence-electron chi connectivity index (χ0n) is 11.0. The Morgan fingerprint density at radius 3 is 2.15 bits per heavy atom. The average Bonchev–Trinajstić information content (AvgIpc) is 2.46. The molecule has 2 rings (SSSR count). The third-order valence-electron chi connectivity index (χ3n) is 2.91. The second-order valence-electron chi connectivity index (χ2n) is 4.04. The fourth-order valence-electron chi connectivity index (χ4n) is 1.97. The summed E-state index contributed by atoms with van der Waals surface area (Å²) < 4.78 is 10.6. The highest BCUT2D eigenvalue weighted by Gasteiger charge is 2.16. The lowest BCUT2D eigenvalue weighted by Gasteiger charge is -2.14. The Balaban J connectivity index is 2.65. The van der Waals surface area contributed by atoms with Gasteiger partial charge in [0.1, 0.15) is 11.5 Å². The van der Waals surface area contributed by atoms with Crippen LogP contribution in [0.2, 0.25) is 5.02 Å². The Morgan fingerprint density at radius 2 is 1.70 bits per heavy atom. The van der Waals surface area contributed by atoms with Gasteiger partial charge in [-0.2, -0.15) is 0 Å². The highest BCUT2D eigenvalue weighted by atomic mass is 35.5. The fraction of sp³-hybridized carbons (Fsp3) is 0.133. The second-order valence-corrected chi connectivity index (χ2v) is 4.44. The quantitative estimate of drug-likeness (QED) is 0.933. The number of carboxylic acid groups (broad SMARTS) is 1. The van der Waals surface area contributed by atoms with E-state index in [9.17, 15) is 4.79 Å². The number of carbonyl (C=O) groups is 1. The van der Waals surface area contributed by atoms with Gasteiger partial charge in [-0.25, -0.2) is 4.79 Å². The Hall–Kier alpha value is -2.20. The molecule has 0 amide bonds. The molecule has 0 unspecified atom stereocenters. The molecule has 0 aromatic heterocycles. The number of methoxy groups -OCH3 is 2. The number of rotatable bonds is 4. The Morgan fingerprint density at radius 1 is 1.10 bits per heavy atom. The van der Waals surface area contributed by atoms with E-state index in [2.05, 4.69) is 0 Å². The molecule has 0 spiro atoms. The minimum Gasteiger partial charge on any atom is -0.496 e. The SMILES string of the molecule is COc1cccc(OC)c1-c1ccc(C(=O)O)cc1Cl. The van der Waals surface area contributed by atoms with Crippen LogP contribution in [0.3, 0.4) is 0 Å². The number of carboxylic acids is 1. The van der Waals surface area contributed by atoms with Crippen molar-refractivity contribution < 1.29 is 19.4 Å². The fourth-order valence-corrected chi connectivity index (χ4v) is 2.24. The summed E-state index contributed by atoms with van der Waals surface area (Å²) >= 11 is 6.19. The van der Waals surface area contributed by atoms with E-state index in [1.54, 1.807) is 38.5 Å². The van der Waals surface area contributed by atoms with Gasteiger partial charge in [-0.3, -0.25) is 0 Å². The van der Waals surface area contributed by atoms with Crippen LogP contribution in [0.5, 0.6) is 11.5 Å². The maximum atomic E-state index is 10.9. The van der Waals surface area contributed by atoms with Crippen molar-refractivity contribution in [2.24, 2.45) is 0 Å². The zero-order valence-corrected chi connectivity index (χ0v) is 11.8. The summed E-state index contributed by atoms with van der Waals surface area (Å²) in [6, 6.07) is 9.94. The van der Waals surface area contributed by atoms with Gasteiger partial charge in [0.2, 0.25) is 0 Å². The average molecular weight is 293 g/mol. The van der Waals surface area contributed by atoms with Gasteiger partial charge in [0.05, 0.1) is 25.3 Å². The summed E-state index contributed by atoms with van der Waals surface area (Å²) in [5, 5.41) is 9.29. The van der Waals surface area contributed by atoms with Crippen molar-refractivity contribution in [2.45, 2.75) is 0 Å². The molecule has 0 aliphatic heterocycles. The smallest absolute Gasteiger partial charge is 0.335 e. The van der Waals surface area contributed by atoms with Crippen molar-refractivity contribution >= 4 is 17.6 Å². The Bertz CT molecular complexity index is 630. The van der Waals surface area contributed by atoms with E-state index < -0.39 is 5.97 Å². The van der Waals surface area contributed by atoms with Crippen molar-refractivity contribution in [2.75, 3.05) is 14.2 Å². The lowest BCUT2D eigenvalue weighted by molar-refractivity contribution is 0.0697. The molecule has 20 heavy (non-hydrogen) atoms. The lowest BCUT2D eigenvalue weighted by atomic mass is 10.0. The predicted molar refractivity (Wildman–Crippen MR) is 77.0 cm³/mol. The largest absolute Gasteiger partial charge is 0.496 e. The van der Waals surface area contributed by atoms with E-state index in [1.165, 1.54) is 12.1 Å². The topological polar surface area (TPSA) is 55.8 Å². The molecule has 0 aliphatic rings. The summed E-state index contributed by atoms with van der Waals surface area (Å²) in [7, 11) is 3.11. The molecule has 2 aromatic rings. The molecule has 104 valence electrons. The van der Waals surface area contributed by atoms with Crippen LogP contribution in [0, 0.1) is 0 Å². The minimum atomic E-state index is -1.02. The van der Waals surface area contributed by atoms with Gasteiger partial charge in [0, 0.05) is 10.6 Å². The predicted octanol–water partition coefficient (Wildman–Crippen LogP) is 3.72. The van der Waals surface area contributed by atoms with Crippen LogP contribution in [0.25, 0.3) is 11.1 Å². The van der Waals surface area contributed by atoms with Gasteiger partial charge < -0.3 is 14.6 Å². The highest BCUT2D eigenvalue weighted by molar-refractivity contribution is 6.33. The molecule has 0 bridgehead atoms. The zero-order chi connectivity index (χ0) is 14.7. The van der Waals surface area contributed by atoms with Crippen LogP contribution >= 0.6 is 11.6 Å². The first-order chi connectivity index (χ1) is 9.58. The molecule has 0 saturated carbocycles. The van der Waals surface area contributed by atoms with Crippen LogP contribution in [0.1, 0.15) is 10.4 Å². The van der Waals surface area contributed by atoms with E-state index in [4.69, 9.17) is 26.2 Å². The monoisotopic (exact) mass is 292 g/mol. The van der Waals surface area contributed by atoms with Gasteiger partial charge in [-0.1, -0.05) is 23.7 Å². The number of hydrogen-bond donors (Lipinski definition) is 1. The van der Waals surface area contributed by atoms with Gasteiger partial charge in [-0.05, 0) is 24.3 Å². The van der Waals surface area contributed by atoms with Crippen LogP contribution in [-0.4, -0.2) is 25.3 Å². The molecule has 0 saturated heterocycles. The summed E-state index contributed by atoms with van der Waals surface area (Å²) in [6.07, 6.45) is 0. The molecule has 4 nitrogen and oxygen atoms in total. The summed E-state index contributed by atoms with van der Waals surface area (Å²) in [6.45, 7) is 0. The van der Waals surface area contributed by atoms with E-state index in [0.29, 0.717) is 27.6 Å². The van der Waals surface area contributed by atoms with Gasteiger partial charge in [0.25, 0.3) is 0 Å². The number of ether oxygens (including phenoxy) is 2. The lowest BCUT2D eigenvalue weighted by Crippen LogP contribution is -1.97. The van der Waals surface area contributed by atoms with Crippen LogP contribution < -0.4 is 9.47 Å². The summed E-state index contributed by atoms with van der Waals surface area (Å²) in [5.74, 6) is 0.189. The normalized spacial score (nSPS) is 10.2. The minimum absolute atomic E-state index is 0.132. The maximum absolute atomic E-state index is 10.9. The number of halogens is 1. The van der Waals surface area contributed by atoms with E-state index in [0.717, 1.165) is 0 Å². The van der Waals surface area contributed by atoms with Gasteiger partial charge in [-0.15, -0.1) is 0 Å². The van der Waals surface area contributed by atoms with Crippen LogP contribution in [0.15, 0.2) is 36.4 Å². The first-order valence-corrected chi connectivity index (χ1v) is 6.20. The number of hydrogen-bond acceptors (Lipinski definition) is 3. The summed E-state index contributed by atoms with van der Waals surface area (Å²) in [5.41, 5.74) is 1.48.